The lowest BCUT2D eigenvalue weighted by Gasteiger charge is -2.55. The lowest BCUT2D eigenvalue weighted by atomic mass is 9.57. The molecule has 1 aliphatic carbocycles. The standard InChI is InChI=1S/C18H31N3O3.HI/c1-18(2)15(12-6-9-24-16(12)18)20-17(19-3)21-7-10-23-14(11-21)13-5-4-8-22-13;/h12-16H,4-11H2,1-3H3,(H,19,20);1H. The number of nitrogens with one attached hydrogen (secondary N) is 1. The maximum Gasteiger partial charge on any atom is 0.194 e. The summed E-state index contributed by atoms with van der Waals surface area (Å²) in [5.74, 6) is 1.62. The van der Waals surface area contributed by atoms with Crippen LogP contribution < -0.4 is 5.32 Å². The molecule has 6 nitrogen and oxygen atoms in total. The molecule has 5 unspecified atom stereocenters. The van der Waals surface area contributed by atoms with Crippen LogP contribution in [-0.4, -0.2) is 75.2 Å². The zero-order valence-corrected chi connectivity index (χ0v) is 17.9. The van der Waals surface area contributed by atoms with E-state index in [0.29, 0.717) is 18.1 Å². The van der Waals surface area contributed by atoms with Crippen molar-refractivity contribution in [2.75, 3.05) is 40.0 Å². The van der Waals surface area contributed by atoms with Crippen molar-refractivity contribution in [2.45, 2.75) is 57.5 Å². The zero-order valence-electron chi connectivity index (χ0n) is 15.6. The van der Waals surface area contributed by atoms with Crippen molar-refractivity contribution < 1.29 is 14.2 Å². The normalized spacial score (nSPS) is 40.2. The van der Waals surface area contributed by atoms with Gasteiger partial charge in [0.2, 0.25) is 0 Å². The third-order valence-corrected chi connectivity index (χ3v) is 6.37. The van der Waals surface area contributed by atoms with Crippen LogP contribution in [0.4, 0.5) is 0 Å². The molecule has 1 saturated carbocycles. The number of halogens is 1. The first-order valence-electron chi connectivity index (χ1n) is 9.44. The number of ether oxygens (including phenoxy) is 3. The number of hydrogen-bond acceptors (Lipinski definition) is 4. The molecular formula is C18H32IN3O3. The van der Waals surface area contributed by atoms with Crippen LogP contribution in [0.15, 0.2) is 4.99 Å². The van der Waals surface area contributed by atoms with Gasteiger partial charge in [0.25, 0.3) is 0 Å². The van der Waals surface area contributed by atoms with Crippen molar-refractivity contribution in [1.29, 1.82) is 0 Å². The Morgan fingerprint density at radius 3 is 2.60 bits per heavy atom. The monoisotopic (exact) mass is 465 g/mol. The van der Waals surface area contributed by atoms with Gasteiger partial charge in [-0.05, 0) is 19.3 Å². The van der Waals surface area contributed by atoms with Gasteiger partial charge < -0.3 is 24.4 Å². The first kappa shape index (κ1) is 19.6. The molecule has 1 N–H and O–H groups in total. The van der Waals surface area contributed by atoms with Crippen molar-refractivity contribution in [2.24, 2.45) is 16.3 Å². The van der Waals surface area contributed by atoms with E-state index in [0.717, 1.165) is 58.1 Å². The van der Waals surface area contributed by atoms with Crippen LogP contribution in [0, 0.1) is 11.3 Å². The number of aliphatic imine (C=N–C) groups is 1. The van der Waals surface area contributed by atoms with E-state index in [1.807, 2.05) is 7.05 Å². The van der Waals surface area contributed by atoms with Crippen LogP contribution in [0.5, 0.6) is 0 Å². The Hall–Kier alpha value is -0.120. The highest BCUT2D eigenvalue weighted by Crippen LogP contribution is 2.52. The Morgan fingerprint density at radius 2 is 1.88 bits per heavy atom. The summed E-state index contributed by atoms with van der Waals surface area (Å²) in [5.41, 5.74) is 0.164. The van der Waals surface area contributed by atoms with Crippen LogP contribution in [0.3, 0.4) is 0 Å². The minimum atomic E-state index is 0. The Bertz CT molecular complexity index is 496. The summed E-state index contributed by atoms with van der Waals surface area (Å²) < 4.78 is 17.7. The van der Waals surface area contributed by atoms with Gasteiger partial charge in [-0.2, -0.15) is 0 Å². The second-order valence-electron chi connectivity index (χ2n) is 8.14. The van der Waals surface area contributed by atoms with E-state index in [4.69, 9.17) is 14.2 Å². The van der Waals surface area contributed by atoms with Gasteiger partial charge in [-0.15, -0.1) is 24.0 Å². The fraction of sp³-hybridized carbons (Fsp3) is 0.944. The number of nitrogens with zero attached hydrogens (tertiary/aromatic N) is 2. The van der Waals surface area contributed by atoms with Crippen molar-refractivity contribution in [1.82, 2.24) is 10.2 Å². The molecule has 0 spiro atoms. The molecule has 0 radical (unpaired) electrons. The second kappa shape index (κ2) is 7.86. The molecule has 3 heterocycles. The summed E-state index contributed by atoms with van der Waals surface area (Å²) in [6.45, 7) is 8.88. The average Bonchev–Trinajstić information content (AvgIpc) is 3.26. The average molecular weight is 465 g/mol. The van der Waals surface area contributed by atoms with E-state index < -0.39 is 0 Å². The fourth-order valence-corrected chi connectivity index (χ4v) is 5.04. The van der Waals surface area contributed by atoms with Gasteiger partial charge in [0, 0.05) is 50.7 Å². The van der Waals surface area contributed by atoms with E-state index >= 15 is 0 Å². The van der Waals surface area contributed by atoms with Crippen molar-refractivity contribution in [3.05, 3.63) is 0 Å². The predicted molar refractivity (Wildman–Crippen MR) is 108 cm³/mol. The van der Waals surface area contributed by atoms with Gasteiger partial charge in [0.05, 0.1) is 18.8 Å². The summed E-state index contributed by atoms with van der Waals surface area (Å²) in [5, 5.41) is 3.75. The number of fused-ring (bicyclic) bond motifs is 1. The molecule has 25 heavy (non-hydrogen) atoms. The van der Waals surface area contributed by atoms with E-state index in [1.54, 1.807) is 0 Å². The van der Waals surface area contributed by atoms with Gasteiger partial charge >= 0.3 is 0 Å². The van der Waals surface area contributed by atoms with E-state index in [2.05, 4.69) is 29.1 Å². The Kier molecular flexibility index (Phi) is 6.17. The molecule has 4 fully saturated rings. The van der Waals surface area contributed by atoms with Crippen molar-refractivity contribution in [3.63, 3.8) is 0 Å². The number of rotatable bonds is 2. The van der Waals surface area contributed by atoms with Gasteiger partial charge in [-0.3, -0.25) is 4.99 Å². The SMILES string of the molecule is CN=C(NC1C2CCOC2C1(C)C)N1CCOC(C2CCCO2)C1.I. The summed E-state index contributed by atoms with van der Waals surface area (Å²) >= 11 is 0. The molecule has 7 heteroatoms. The van der Waals surface area contributed by atoms with Gasteiger partial charge in [-0.1, -0.05) is 13.8 Å². The van der Waals surface area contributed by atoms with Crippen LogP contribution in [-0.2, 0) is 14.2 Å². The molecule has 144 valence electrons. The Balaban J connectivity index is 0.00000182. The molecule has 0 aromatic rings. The molecular weight excluding hydrogens is 433 g/mol. The van der Waals surface area contributed by atoms with E-state index in [-0.39, 0.29) is 41.6 Å². The molecule has 0 bridgehead atoms. The Morgan fingerprint density at radius 1 is 1.08 bits per heavy atom. The molecule has 0 aromatic carbocycles. The minimum absolute atomic E-state index is 0. The van der Waals surface area contributed by atoms with E-state index in [9.17, 15) is 0 Å². The Labute approximate surface area is 168 Å². The number of morpholine rings is 1. The molecule has 0 amide bonds. The molecule has 5 atom stereocenters. The summed E-state index contributed by atoms with van der Waals surface area (Å²) in [4.78, 5) is 6.91. The maximum atomic E-state index is 5.97. The fourth-order valence-electron chi connectivity index (χ4n) is 5.04. The molecule has 3 saturated heterocycles. The zero-order chi connectivity index (χ0) is 16.7. The molecule has 0 aromatic heterocycles. The first-order valence-corrected chi connectivity index (χ1v) is 9.44. The highest BCUT2D eigenvalue weighted by atomic mass is 127. The summed E-state index contributed by atoms with van der Waals surface area (Å²) in [6.07, 6.45) is 4.23. The van der Waals surface area contributed by atoms with E-state index in [1.165, 1.54) is 0 Å². The third kappa shape index (κ3) is 3.53. The van der Waals surface area contributed by atoms with Gasteiger partial charge in [-0.25, -0.2) is 0 Å². The second-order valence-corrected chi connectivity index (χ2v) is 8.14. The van der Waals surface area contributed by atoms with Gasteiger partial charge in [0.1, 0.15) is 6.10 Å². The van der Waals surface area contributed by atoms with Gasteiger partial charge in [0.15, 0.2) is 5.96 Å². The predicted octanol–water partition coefficient (Wildman–Crippen LogP) is 1.87. The van der Waals surface area contributed by atoms with Crippen LogP contribution >= 0.6 is 24.0 Å². The first-order chi connectivity index (χ1) is 11.6. The number of guanidine groups is 1. The minimum Gasteiger partial charge on any atom is -0.377 e. The summed E-state index contributed by atoms with van der Waals surface area (Å²) in [6, 6.07) is 0.438. The smallest absolute Gasteiger partial charge is 0.194 e. The topological polar surface area (TPSA) is 55.3 Å². The molecule has 3 aliphatic heterocycles. The van der Waals surface area contributed by atoms with Crippen molar-refractivity contribution in [3.8, 4) is 0 Å². The lowest BCUT2D eigenvalue weighted by Crippen LogP contribution is -2.68. The third-order valence-electron chi connectivity index (χ3n) is 6.37. The van der Waals surface area contributed by atoms with Crippen LogP contribution in [0.25, 0.3) is 0 Å². The molecule has 4 aliphatic rings. The maximum absolute atomic E-state index is 5.97. The highest BCUT2D eigenvalue weighted by molar-refractivity contribution is 14.0. The summed E-state index contributed by atoms with van der Waals surface area (Å²) in [7, 11) is 1.88. The quantitative estimate of drug-likeness (QED) is 0.384. The highest BCUT2D eigenvalue weighted by Gasteiger charge is 2.59. The van der Waals surface area contributed by atoms with Crippen LogP contribution in [0.1, 0.15) is 33.1 Å². The molecule has 4 rings (SSSR count). The number of hydrogen-bond donors (Lipinski definition) is 1. The largest absolute Gasteiger partial charge is 0.377 e. The van der Waals surface area contributed by atoms with Crippen molar-refractivity contribution >= 4 is 29.9 Å². The lowest BCUT2D eigenvalue weighted by molar-refractivity contribution is -0.109. The van der Waals surface area contributed by atoms with Crippen LogP contribution in [0.2, 0.25) is 0 Å².